The van der Waals surface area contributed by atoms with E-state index in [1.54, 1.807) is 34.0 Å². The van der Waals surface area contributed by atoms with Gasteiger partial charge in [0.1, 0.15) is 23.0 Å². The number of amides is 1. The second kappa shape index (κ2) is 9.26. The number of ether oxygens (including phenoxy) is 1. The van der Waals surface area contributed by atoms with Gasteiger partial charge in [0.15, 0.2) is 11.6 Å². The summed E-state index contributed by atoms with van der Waals surface area (Å²) in [5.41, 5.74) is -1.58. The van der Waals surface area contributed by atoms with Crippen molar-refractivity contribution in [2.24, 2.45) is 7.05 Å². The molecule has 3 heterocycles. The minimum absolute atomic E-state index is 0.194. The summed E-state index contributed by atoms with van der Waals surface area (Å²) in [6.07, 6.45) is 3.52. The molecule has 36 heavy (non-hydrogen) atoms. The van der Waals surface area contributed by atoms with Crippen molar-refractivity contribution in [1.82, 2.24) is 24.5 Å². The van der Waals surface area contributed by atoms with Crippen molar-refractivity contribution in [3.63, 3.8) is 0 Å². The fraction of sp³-hybridized carbons (Fsp3) is 0.261. The number of pyridine rings is 1. The first-order valence-corrected chi connectivity index (χ1v) is 11.1. The van der Waals surface area contributed by atoms with Crippen LogP contribution in [0.2, 0.25) is 0 Å². The maximum absolute atomic E-state index is 15.0. The molecule has 0 spiro atoms. The van der Waals surface area contributed by atoms with Crippen LogP contribution in [-0.4, -0.2) is 48.0 Å². The molecule has 188 valence electrons. The highest BCUT2D eigenvalue weighted by molar-refractivity contribution is 6.29. The van der Waals surface area contributed by atoms with Gasteiger partial charge in [-0.15, -0.1) is 11.6 Å². The second-order valence-electron chi connectivity index (χ2n) is 8.82. The molecule has 1 amide bonds. The minimum atomic E-state index is -1.56. The van der Waals surface area contributed by atoms with E-state index in [0.717, 1.165) is 4.68 Å². The maximum atomic E-state index is 15.0. The summed E-state index contributed by atoms with van der Waals surface area (Å²) in [5.74, 6) is -5.58. The van der Waals surface area contributed by atoms with Crippen molar-refractivity contribution in [3.8, 4) is 22.5 Å². The fourth-order valence-corrected chi connectivity index (χ4v) is 3.52. The summed E-state index contributed by atoms with van der Waals surface area (Å²) in [6, 6.07) is 1.92. The summed E-state index contributed by atoms with van der Waals surface area (Å²) < 4.78 is 52.4. The number of halogens is 4. The lowest BCUT2D eigenvalue weighted by molar-refractivity contribution is -0.113. The first kappa shape index (κ1) is 25.2. The Bertz CT molecular complexity index is 1510. The third kappa shape index (κ3) is 4.76. The molecule has 1 N–H and O–H groups in total. The molecule has 0 aliphatic rings. The molecule has 0 fully saturated rings. The molecular weight excluding hydrogens is 501 g/mol. The van der Waals surface area contributed by atoms with Crippen LogP contribution in [0.1, 0.15) is 20.8 Å². The van der Waals surface area contributed by atoms with E-state index in [9.17, 15) is 22.8 Å². The Morgan fingerprint density at radius 3 is 2.47 bits per heavy atom. The zero-order valence-electron chi connectivity index (χ0n) is 19.6. The molecule has 0 atom stereocenters. The molecule has 0 radical (unpaired) electrons. The predicted octanol–water partition coefficient (Wildman–Crippen LogP) is 4.88. The third-order valence-corrected chi connectivity index (χ3v) is 5.16. The first-order chi connectivity index (χ1) is 16.9. The average molecular weight is 521 g/mol. The van der Waals surface area contributed by atoms with Gasteiger partial charge >= 0.3 is 6.09 Å². The predicted molar refractivity (Wildman–Crippen MR) is 126 cm³/mol. The van der Waals surface area contributed by atoms with E-state index in [2.05, 4.69) is 15.2 Å². The van der Waals surface area contributed by atoms with Crippen LogP contribution in [0.25, 0.3) is 33.4 Å². The molecule has 0 unspecified atom stereocenters. The number of carbonyl (C=O) groups excluding carboxylic acids is 2. The largest absolute Gasteiger partial charge is 0.442 e. The van der Waals surface area contributed by atoms with Crippen LogP contribution in [-0.2, 0) is 16.6 Å². The van der Waals surface area contributed by atoms with E-state index in [0.29, 0.717) is 11.6 Å². The van der Waals surface area contributed by atoms with Gasteiger partial charge in [-0.2, -0.15) is 14.9 Å². The number of nitrogens with zero attached hydrogens (tertiary/aromatic N) is 5. The van der Waals surface area contributed by atoms with Crippen LogP contribution in [0, 0.1) is 17.5 Å². The van der Waals surface area contributed by atoms with E-state index >= 15 is 0 Å². The van der Waals surface area contributed by atoms with Crippen molar-refractivity contribution in [2.75, 3.05) is 11.2 Å². The fourth-order valence-electron chi connectivity index (χ4n) is 3.46. The number of nitrogens with one attached hydrogen (secondary N) is 1. The lowest BCUT2D eigenvalue weighted by Gasteiger charge is -2.19. The van der Waals surface area contributed by atoms with E-state index in [4.69, 9.17) is 16.3 Å². The van der Waals surface area contributed by atoms with Gasteiger partial charge in [-0.3, -0.25) is 14.5 Å². The summed E-state index contributed by atoms with van der Waals surface area (Å²) >= 11 is 5.36. The molecule has 0 aliphatic carbocycles. The summed E-state index contributed by atoms with van der Waals surface area (Å²) in [7, 11) is 1.68. The van der Waals surface area contributed by atoms with Gasteiger partial charge < -0.3 is 10.1 Å². The molecule has 0 bridgehead atoms. The smallest absolute Gasteiger partial charge is 0.435 e. The molecule has 13 heteroatoms. The molecular formula is C23H20ClF3N6O3. The van der Waals surface area contributed by atoms with Gasteiger partial charge in [0.2, 0.25) is 5.91 Å². The SMILES string of the molecule is Cn1cc(-c2nn(C(=O)OC(C)(C)C)c3cnc(-c4c(F)cc(NC(=O)CCl)c(F)c4F)cc23)cn1. The molecule has 3 aromatic heterocycles. The van der Waals surface area contributed by atoms with Crippen LogP contribution in [0.4, 0.5) is 23.7 Å². The van der Waals surface area contributed by atoms with Crippen molar-refractivity contribution in [3.05, 3.63) is 48.2 Å². The Kier molecular flexibility index (Phi) is 6.48. The topological polar surface area (TPSA) is 104 Å². The van der Waals surface area contributed by atoms with E-state index < -0.39 is 52.2 Å². The molecule has 4 rings (SSSR count). The van der Waals surface area contributed by atoms with Crippen molar-refractivity contribution in [2.45, 2.75) is 26.4 Å². The molecule has 1 aromatic carbocycles. The lowest BCUT2D eigenvalue weighted by atomic mass is 10.1. The number of hydrogen-bond donors (Lipinski definition) is 1. The van der Waals surface area contributed by atoms with E-state index in [1.165, 1.54) is 23.1 Å². The van der Waals surface area contributed by atoms with Crippen LogP contribution in [0.3, 0.4) is 0 Å². The Morgan fingerprint density at radius 1 is 1.14 bits per heavy atom. The number of alkyl halides is 1. The van der Waals surface area contributed by atoms with E-state index in [-0.39, 0.29) is 22.3 Å². The number of hydrogen-bond acceptors (Lipinski definition) is 6. The number of benzene rings is 1. The number of carbonyl (C=O) groups is 2. The van der Waals surface area contributed by atoms with Crippen molar-refractivity contribution < 1.29 is 27.5 Å². The zero-order valence-corrected chi connectivity index (χ0v) is 20.3. The monoisotopic (exact) mass is 520 g/mol. The Morgan fingerprint density at radius 2 is 1.86 bits per heavy atom. The van der Waals surface area contributed by atoms with Gasteiger partial charge in [0.25, 0.3) is 0 Å². The molecule has 4 aromatic rings. The zero-order chi connectivity index (χ0) is 26.4. The molecule has 0 saturated carbocycles. The number of rotatable bonds is 4. The summed E-state index contributed by atoms with van der Waals surface area (Å²) in [4.78, 5) is 28.3. The second-order valence-corrected chi connectivity index (χ2v) is 9.09. The van der Waals surface area contributed by atoms with Crippen LogP contribution in [0.5, 0.6) is 0 Å². The van der Waals surface area contributed by atoms with Gasteiger partial charge in [0, 0.05) is 30.3 Å². The quantitative estimate of drug-likeness (QED) is 0.304. The van der Waals surface area contributed by atoms with Crippen LogP contribution in [0.15, 0.2) is 30.7 Å². The average Bonchev–Trinajstić information content (AvgIpc) is 3.39. The Labute approximate surface area is 207 Å². The van der Waals surface area contributed by atoms with Crippen molar-refractivity contribution >= 4 is 40.2 Å². The number of anilines is 1. The van der Waals surface area contributed by atoms with E-state index in [1.807, 2.05) is 5.32 Å². The van der Waals surface area contributed by atoms with Gasteiger partial charge in [-0.05, 0) is 26.8 Å². The third-order valence-electron chi connectivity index (χ3n) is 4.92. The number of aromatic nitrogens is 5. The lowest BCUT2D eigenvalue weighted by Crippen LogP contribution is -2.27. The standard InChI is InChI=1S/C23H20ClF3N6O3/c1-23(2,3)36-22(35)33-16-9-28-14(5-12(16)21(31-33)11-8-29-32(4)10-11)18-13(25)6-15(19(26)20(18)27)30-17(34)7-24/h5-6,8-10H,7H2,1-4H3,(H,30,34). The number of aryl methyl sites for hydroxylation is 1. The summed E-state index contributed by atoms with van der Waals surface area (Å²) in [5, 5.41) is 10.7. The van der Waals surface area contributed by atoms with Crippen molar-refractivity contribution in [1.29, 1.82) is 0 Å². The van der Waals surface area contributed by atoms with Gasteiger partial charge in [-0.1, -0.05) is 0 Å². The van der Waals surface area contributed by atoms with Gasteiger partial charge in [0.05, 0.1) is 34.9 Å². The molecule has 0 saturated heterocycles. The normalized spacial score (nSPS) is 11.7. The highest BCUT2D eigenvalue weighted by Crippen LogP contribution is 2.35. The highest BCUT2D eigenvalue weighted by Gasteiger charge is 2.26. The van der Waals surface area contributed by atoms with Crippen LogP contribution < -0.4 is 5.32 Å². The number of fused-ring (bicyclic) bond motifs is 1. The Balaban J connectivity index is 1.90. The van der Waals surface area contributed by atoms with Crippen LogP contribution >= 0.6 is 11.6 Å². The Hall–Kier alpha value is -3.93. The molecule has 9 nitrogen and oxygen atoms in total. The highest BCUT2D eigenvalue weighted by atomic mass is 35.5. The minimum Gasteiger partial charge on any atom is -0.442 e. The summed E-state index contributed by atoms with van der Waals surface area (Å²) in [6.45, 7) is 5.07. The molecule has 0 aliphatic heterocycles. The maximum Gasteiger partial charge on any atom is 0.435 e. The van der Waals surface area contributed by atoms with Gasteiger partial charge in [-0.25, -0.2) is 18.0 Å². The first-order valence-electron chi connectivity index (χ1n) is 10.5.